The van der Waals surface area contributed by atoms with Gasteiger partial charge in [-0.15, -0.1) is 0 Å². The fourth-order valence-electron chi connectivity index (χ4n) is 0.672. The van der Waals surface area contributed by atoms with Crippen LogP contribution in [0.4, 0.5) is 0 Å². The van der Waals surface area contributed by atoms with Crippen LogP contribution in [-0.2, 0) is 24.1 Å². The smallest absolute Gasteiger partial charge is 0.397 e. The molecule has 0 aromatic heterocycles. The maximum absolute atomic E-state index is 11.0. The lowest BCUT2D eigenvalue weighted by atomic mass is 10.2. The van der Waals surface area contributed by atoms with E-state index in [4.69, 9.17) is 4.55 Å². The van der Waals surface area contributed by atoms with Gasteiger partial charge in [-0.1, -0.05) is 6.58 Å². The molecule has 0 atom stereocenters. The van der Waals surface area contributed by atoms with Crippen LogP contribution in [0.3, 0.4) is 0 Å². The highest BCUT2D eigenvalue weighted by atomic mass is 32.3. The van der Waals surface area contributed by atoms with Gasteiger partial charge in [0.25, 0.3) is 0 Å². The van der Waals surface area contributed by atoms with E-state index in [9.17, 15) is 13.2 Å². The summed E-state index contributed by atoms with van der Waals surface area (Å²) in [6.07, 6.45) is 0. The molecule has 1 N–H and O–H groups in total. The molecule has 6 nitrogen and oxygen atoms in total. The first-order valence-electron chi connectivity index (χ1n) is 4.04. The Balaban J connectivity index is 4.28. The van der Waals surface area contributed by atoms with Crippen LogP contribution < -0.4 is 0 Å². The number of ether oxygens (including phenoxy) is 1. The van der Waals surface area contributed by atoms with Gasteiger partial charge < -0.3 is 4.74 Å². The lowest BCUT2D eigenvalue weighted by Crippen LogP contribution is -2.34. The molecule has 0 aliphatic heterocycles. The average Bonchev–Trinajstić information content (AvgIpc) is 1.95. The SMILES string of the molecule is C=C(C)C(=O)OCC(C)(C)OS(=O)(=O)O. The van der Waals surface area contributed by atoms with Gasteiger partial charge in [0.2, 0.25) is 0 Å². The van der Waals surface area contributed by atoms with Gasteiger partial charge in [0.05, 0.1) is 0 Å². The van der Waals surface area contributed by atoms with Crippen molar-refractivity contribution in [2.75, 3.05) is 6.61 Å². The van der Waals surface area contributed by atoms with Crippen LogP contribution in [0.5, 0.6) is 0 Å². The molecule has 15 heavy (non-hydrogen) atoms. The average molecular weight is 238 g/mol. The predicted molar refractivity (Wildman–Crippen MR) is 52.5 cm³/mol. The number of hydrogen-bond donors (Lipinski definition) is 1. The van der Waals surface area contributed by atoms with Crippen LogP contribution in [0.25, 0.3) is 0 Å². The first-order chi connectivity index (χ1) is 6.53. The number of hydrogen-bond acceptors (Lipinski definition) is 5. The summed E-state index contributed by atoms with van der Waals surface area (Å²) < 4.78 is 38.2. The topological polar surface area (TPSA) is 89.9 Å². The second-order valence-corrected chi connectivity index (χ2v) is 4.65. The van der Waals surface area contributed by atoms with E-state index >= 15 is 0 Å². The van der Waals surface area contributed by atoms with Crippen LogP contribution in [0.1, 0.15) is 20.8 Å². The molecule has 0 aliphatic rings. The van der Waals surface area contributed by atoms with Crippen molar-refractivity contribution in [3.05, 3.63) is 12.2 Å². The molecular weight excluding hydrogens is 224 g/mol. The lowest BCUT2D eigenvalue weighted by Gasteiger charge is -2.21. The summed E-state index contributed by atoms with van der Waals surface area (Å²) in [6.45, 7) is 7.20. The Morgan fingerprint density at radius 2 is 1.93 bits per heavy atom. The zero-order valence-corrected chi connectivity index (χ0v) is 9.63. The Labute approximate surface area is 88.8 Å². The maximum Gasteiger partial charge on any atom is 0.397 e. The minimum absolute atomic E-state index is 0.192. The van der Waals surface area contributed by atoms with E-state index in [0.29, 0.717) is 0 Å². The van der Waals surface area contributed by atoms with Crippen molar-refractivity contribution in [1.29, 1.82) is 0 Å². The standard InChI is InChI=1S/C8H14O6S/c1-6(2)7(9)13-5-8(3,4)14-15(10,11)12/h1,5H2,2-4H3,(H,10,11,12). The van der Waals surface area contributed by atoms with Crippen LogP contribution in [-0.4, -0.2) is 31.1 Å². The summed E-state index contributed by atoms with van der Waals surface area (Å²) in [5.41, 5.74) is -1.13. The van der Waals surface area contributed by atoms with E-state index in [0.717, 1.165) is 0 Å². The van der Waals surface area contributed by atoms with E-state index in [1.54, 1.807) is 0 Å². The summed E-state index contributed by atoms with van der Waals surface area (Å²) >= 11 is 0. The molecule has 0 rings (SSSR count). The molecule has 7 heteroatoms. The maximum atomic E-state index is 11.0. The first kappa shape index (κ1) is 14.1. The van der Waals surface area contributed by atoms with Gasteiger partial charge >= 0.3 is 16.4 Å². The van der Waals surface area contributed by atoms with E-state index in [1.807, 2.05) is 0 Å². The molecule has 0 bridgehead atoms. The van der Waals surface area contributed by atoms with Crippen molar-refractivity contribution in [2.24, 2.45) is 0 Å². The zero-order valence-electron chi connectivity index (χ0n) is 8.81. The molecule has 0 unspecified atom stereocenters. The van der Waals surface area contributed by atoms with E-state index in [-0.39, 0.29) is 12.2 Å². The summed E-state index contributed by atoms with van der Waals surface area (Å²) in [5, 5.41) is 0. The number of esters is 1. The third-order valence-corrected chi connectivity index (χ3v) is 1.89. The predicted octanol–water partition coefficient (Wildman–Crippen LogP) is 0.704. The second kappa shape index (κ2) is 4.73. The largest absolute Gasteiger partial charge is 0.459 e. The third-order valence-electron chi connectivity index (χ3n) is 1.23. The fourth-order valence-corrected chi connectivity index (χ4v) is 1.29. The van der Waals surface area contributed by atoms with Gasteiger partial charge in [0, 0.05) is 5.57 Å². The van der Waals surface area contributed by atoms with E-state index in [1.165, 1.54) is 20.8 Å². The highest BCUT2D eigenvalue weighted by Crippen LogP contribution is 2.13. The van der Waals surface area contributed by atoms with Gasteiger partial charge in [-0.05, 0) is 20.8 Å². The minimum atomic E-state index is -4.56. The molecular formula is C8H14O6S. The monoisotopic (exact) mass is 238 g/mol. The van der Waals surface area contributed by atoms with Gasteiger partial charge in [0.1, 0.15) is 12.2 Å². The van der Waals surface area contributed by atoms with E-state index in [2.05, 4.69) is 15.5 Å². The molecule has 0 aromatic rings. The molecule has 0 heterocycles. The van der Waals surface area contributed by atoms with Crippen molar-refractivity contribution < 1.29 is 26.7 Å². The normalized spacial score (nSPS) is 12.3. The summed E-state index contributed by atoms with van der Waals surface area (Å²) in [6, 6.07) is 0. The number of carbonyl (C=O) groups is 1. The Hall–Kier alpha value is -0.920. The van der Waals surface area contributed by atoms with Gasteiger partial charge in [-0.2, -0.15) is 8.42 Å². The van der Waals surface area contributed by atoms with Gasteiger partial charge in [-0.3, -0.25) is 4.55 Å². The third kappa shape index (κ3) is 7.06. The summed E-state index contributed by atoms with van der Waals surface area (Å²) in [7, 11) is -4.56. The lowest BCUT2D eigenvalue weighted by molar-refractivity contribution is -0.144. The molecule has 0 amide bonds. The van der Waals surface area contributed by atoms with Gasteiger partial charge in [-0.25, -0.2) is 8.98 Å². The summed E-state index contributed by atoms with van der Waals surface area (Å²) in [4.78, 5) is 11.0. The Bertz CT molecular complexity index is 353. The highest BCUT2D eigenvalue weighted by molar-refractivity contribution is 7.80. The van der Waals surface area contributed by atoms with Gasteiger partial charge in [0.15, 0.2) is 0 Å². The highest BCUT2D eigenvalue weighted by Gasteiger charge is 2.27. The van der Waals surface area contributed by atoms with Crippen molar-refractivity contribution in [3.8, 4) is 0 Å². The quantitative estimate of drug-likeness (QED) is 0.431. The second-order valence-electron chi connectivity index (χ2n) is 3.63. The van der Waals surface area contributed by atoms with Crippen molar-refractivity contribution >= 4 is 16.4 Å². The molecule has 0 fully saturated rings. The minimum Gasteiger partial charge on any atom is -0.459 e. The molecule has 0 spiro atoms. The van der Waals surface area contributed by atoms with Crippen molar-refractivity contribution in [1.82, 2.24) is 0 Å². The number of carbonyl (C=O) groups excluding carboxylic acids is 1. The number of rotatable bonds is 5. The van der Waals surface area contributed by atoms with Crippen LogP contribution in [0.2, 0.25) is 0 Å². The Morgan fingerprint density at radius 3 is 2.27 bits per heavy atom. The van der Waals surface area contributed by atoms with Crippen LogP contribution >= 0.6 is 0 Å². The molecule has 0 aromatic carbocycles. The molecule has 0 saturated carbocycles. The molecule has 88 valence electrons. The molecule has 0 radical (unpaired) electrons. The zero-order chi connectivity index (χ0) is 12.3. The van der Waals surface area contributed by atoms with Crippen molar-refractivity contribution in [3.63, 3.8) is 0 Å². The molecule has 0 saturated heterocycles. The first-order valence-corrected chi connectivity index (χ1v) is 5.41. The van der Waals surface area contributed by atoms with E-state index < -0.39 is 22.0 Å². The van der Waals surface area contributed by atoms with Crippen LogP contribution in [0.15, 0.2) is 12.2 Å². The summed E-state index contributed by atoms with van der Waals surface area (Å²) in [5.74, 6) is -0.651. The molecule has 0 aliphatic carbocycles. The van der Waals surface area contributed by atoms with Crippen LogP contribution in [0, 0.1) is 0 Å². The van der Waals surface area contributed by atoms with Crippen molar-refractivity contribution in [2.45, 2.75) is 26.4 Å². The Kier molecular flexibility index (Phi) is 4.44. The Morgan fingerprint density at radius 1 is 1.47 bits per heavy atom. The fraction of sp³-hybridized carbons (Fsp3) is 0.625.